The molecule has 0 unspecified atom stereocenters. The van der Waals surface area contributed by atoms with Crippen molar-refractivity contribution in [3.8, 4) is 22.5 Å². The fourth-order valence-corrected chi connectivity index (χ4v) is 2.50. The second-order valence-electron chi connectivity index (χ2n) is 4.23. The van der Waals surface area contributed by atoms with Gasteiger partial charge < -0.3 is 5.73 Å². The van der Waals surface area contributed by atoms with Gasteiger partial charge in [0.2, 0.25) is 0 Å². The summed E-state index contributed by atoms with van der Waals surface area (Å²) in [5, 5.41) is 6.84. The van der Waals surface area contributed by atoms with Gasteiger partial charge in [-0.25, -0.2) is 4.39 Å². The number of aromatic amines is 1. The number of anilines is 1. The summed E-state index contributed by atoms with van der Waals surface area (Å²) < 4.78 is 14.2. The first-order valence-corrected chi connectivity index (χ1v) is 6.66. The van der Waals surface area contributed by atoms with Crippen LogP contribution in [0.5, 0.6) is 0 Å². The van der Waals surface area contributed by atoms with Crippen molar-refractivity contribution in [1.82, 2.24) is 15.2 Å². The van der Waals surface area contributed by atoms with Gasteiger partial charge in [0.05, 0.1) is 17.0 Å². The zero-order valence-electron chi connectivity index (χ0n) is 10.3. The van der Waals surface area contributed by atoms with Gasteiger partial charge in [0.25, 0.3) is 0 Å². The average Bonchev–Trinajstić information content (AvgIpc) is 2.80. The summed E-state index contributed by atoms with van der Waals surface area (Å²) >= 11 is 3.28. The Hall–Kier alpha value is -2.21. The standard InChI is InChI=1S/C14H10BrFN4/c15-9-5-8(6-10(16)7-9)13-12(14(17)20-19-13)11-3-1-2-4-18-11/h1-7H,(H3,17,19,20). The van der Waals surface area contributed by atoms with E-state index in [0.717, 1.165) is 0 Å². The third-order valence-corrected chi connectivity index (χ3v) is 3.32. The topological polar surface area (TPSA) is 67.6 Å². The summed E-state index contributed by atoms with van der Waals surface area (Å²) in [6, 6.07) is 10.1. The fourth-order valence-electron chi connectivity index (χ4n) is 2.03. The first kappa shape index (κ1) is 12.8. The Balaban J connectivity index is 2.21. The van der Waals surface area contributed by atoms with Crippen molar-refractivity contribution < 1.29 is 4.39 Å². The number of nitrogens with two attached hydrogens (primary N) is 1. The molecule has 0 amide bonds. The number of nitrogens with zero attached hydrogens (tertiary/aromatic N) is 2. The third kappa shape index (κ3) is 2.30. The van der Waals surface area contributed by atoms with E-state index in [1.54, 1.807) is 12.3 Å². The number of benzene rings is 1. The summed E-state index contributed by atoms with van der Waals surface area (Å²) in [5.41, 5.74) is 8.55. The first-order valence-electron chi connectivity index (χ1n) is 5.87. The van der Waals surface area contributed by atoms with Crippen LogP contribution >= 0.6 is 15.9 Å². The second-order valence-corrected chi connectivity index (χ2v) is 5.15. The quantitative estimate of drug-likeness (QED) is 0.753. The predicted molar refractivity (Wildman–Crippen MR) is 79.3 cm³/mol. The summed E-state index contributed by atoms with van der Waals surface area (Å²) in [7, 11) is 0. The molecule has 100 valence electrons. The minimum atomic E-state index is -0.338. The van der Waals surface area contributed by atoms with Gasteiger partial charge in [0, 0.05) is 16.2 Å². The van der Waals surface area contributed by atoms with Crippen molar-refractivity contribution >= 4 is 21.7 Å². The van der Waals surface area contributed by atoms with Crippen LogP contribution in [0.2, 0.25) is 0 Å². The summed E-state index contributed by atoms with van der Waals surface area (Å²) in [5.74, 6) is -0.00593. The fraction of sp³-hybridized carbons (Fsp3) is 0. The van der Waals surface area contributed by atoms with E-state index < -0.39 is 0 Å². The van der Waals surface area contributed by atoms with Crippen molar-refractivity contribution in [3.05, 3.63) is 52.9 Å². The molecule has 2 heterocycles. The molecule has 0 saturated carbocycles. The number of H-pyrrole nitrogens is 1. The largest absolute Gasteiger partial charge is 0.382 e. The maximum absolute atomic E-state index is 13.5. The molecule has 3 rings (SSSR count). The average molecular weight is 333 g/mol. The number of nitrogens with one attached hydrogen (secondary N) is 1. The van der Waals surface area contributed by atoms with E-state index in [4.69, 9.17) is 5.73 Å². The third-order valence-electron chi connectivity index (χ3n) is 2.87. The SMILES string of the molecule is Nc1n[nH]c(-c2cc(F)cc(Br)c2)c1-c1ccccn1. The predicted octanol–water partition coefficient (Wildman–Crippen LogP) is 3.62. The number of aromatic nitrogens is 3. The lowest BCUT2D eigenvalue weighted by atomic mass is 10.0. The van der Waals surface area contributed by atoms with Gasteiger partial charge >= 0.3 is 0 Å². The van der Waals surface area contributed by atoms with E-state index in [1.165, 1.54) is 12.1 Å². The number of halogens is 2. The highest BCUT2D eigenvalue weighted by Crippen LogP contribution is 2.34. The van der Waals surface area contributed by atoms with Crippen LogP contribution in [0.15, 0.2) is 47.1 Å². The molecule has 6 heteroatoms. The lowest BCUT2D eigenvalue weighted by Crippen LogP contribution is -1.91. The smallest absolute Gasteiger partial charge is 0.155 e. The van der Waals surface area contributed by atoms with Crippen LogP contribution in [0.4, 0.5) is 10.2 Å². The number of nitrogen functional groups attached to an aromatic ring is 1. The van der Waals surface area contributed by atoms with Gasteiger partial charge in [-0.2, -0.15) is 5.10 Å². The molecule has 0 spiro atoms. The molecule has 2 aromatic heterocycles. The highest BCUT2D eigenvalue weighted by molar-refractivity contribution is 9.10. The molecule has 3 N–H and O–H groups in total. The molecule has 0 aliphatic rings. The van der Waals surface area contributed by atoms with Crippen molar-refractivity contribution in [2.75, 3.05) is 5.73 Å². The van der Waals surface area contributed by atoms with Crippen molar-refractivity contribution in [1.29, 1.82) is 0 Å². The van der Waals surface area contributed by atoms with Crippen LogP contribution in [-0.4, -0.2) is 15.2 Å². The number of hydrogen-bond donors (Lipinski definition) is 2. The lowest BCUT2D eigenvalue weighted by Gasteiger charge is -2.05. The molecular formula is C14H10BrFN4. The zero-order valence-corrected chi connectivity index (χ0v) is 11.9. The van der Waals surface area contributed by atoms with Crippen molar-refractivity contribution in [2.24, 2.45) is 0 Å². The lowest BCUT2D eigenvalue weighted by molar-refractivity contribution is 0.627. The zero-order chi connectivity index (χ0) is 14.1. The van der Waals surface area contributed by atoms with E-state index in [-0.39, 0.29) is 5.82 Å². The molecule has 0 fully saturated rings. The van der Waals surface area contributed by atoms with E-state index in [9.17, 15) is 4.39 Å². The summed E-state index contributed by atoms with van der Waals surface area (Å²) in [6.07, 6.45) is 1.67. The van der Waals surface area contributed by atoms with Crippen LogP contribution in [-0.2, 0) is 0 Å². The molecule has 4 nitrogen and oxygen atoms in total. The van der Waals surface area contributed by atoms with Crippen LogP contribution in [0.1, 0.15) is 0 Å². The van der Waals surface area contributed by atoms with Gasteiger partial charge in [-0.3, -0.25) is 10.1 Å². The Morgan fingerprint density at radius 3 is 2.75 bits per heavy atom. The van der Waals surface area contributed by atoms with Crippen LogP contribution < -0.4 is 5.73 Å². The highest BCUT2D eigenvalue weighted by atomic mass is 79.9. The molecule has 0 aliphatic carbocycles. The molecule has 20 heavy (non-hydrogen) atoms. The molecule has 1 aromatic carbocycles. The van der Waals surface area contributed by atoms with Gasteiger partial charge in [-0.05, 0) is 30.3 Å². The molecule has 3 aromatic rings. The molecule has 0 aliphatic heterocycles. The number of pyridine rings is 1. The van der Waals surface area contributed by atoms with Crippen molar-refractivity contribution in [2.45, 2.75) is 0 Å². The van der Waals surface area contributed by atoms with Gasteiger partial charge in [0.15, 0.2) is 5.82 Å². The Morgan fingerprint density at radius 1 is 1.20 bits per heavy atom. The van der Waals surface area contributed by atoms with Gasteiger partial charge in [0.1, 0.15) is 5.82 Å². The number of rotatable bonds is 2. The molecule has 0 bridgehead atoms. The summed E-state index contributed by atoms with van der Waals surface area (Å²) in [6.45, 7) is 0. The monoisotopic (exact) mass is 332 g/mol. The van der Waals surface area contributed by atoms with E-state index in [0.29, 0.717) is 32.8 Å². The first-order chi connectivity index (χ1) is 9.65. The molecular weight excluding hydrogens is 323 g/mol. The van der Waals surface area contributed by atoms with Gasteiger partial charge in [-0.1, -0.05) is 22.0 Å². The molecule has 0 saturated heterocycles. The van der Waals surface area contributed by atoms with E-state index in [2.05, 4.69) is 31.1 Å². The maximum Gasteiger partial charge on any atom is 0.155 e. The Kier molecular flexibility index (Phi) is 3.23. The minimum Gasteiger partial charge on any atom is -0.382 e. The van der Waals surface area contributed by atoms with Crippen molar-refractivity contribution in [3.63, 3.8) is 0 Å². The normalized spacial score (nSPS) is 10.7. The summed E-state index contributed by atoms with van der Waals surface area (Å²) in [4.78, 5) is 4.27. The van der Waals surface area contributed by atoms with E-state index in [1.807, 2.05) is 18.2 Å². The molecule has 0 radical (unpaired) electrons. The Labute approximate surface area is 123 Å². The molecule has 0 atom stereocenters. The van der Waals surface area contributed by atoms with Crippen LogP contribution in [0.25, 0.3) is 22.5 Å². The second kappa shape index (κ2) is 5.05. The van der Waals surface area contributed by atoms with E-state index >= 15 is 0 Å². The van der Waals surface area contributed by atoms with Crippen LogP contribution in [0.3, 0.4) is 0 Å². The highest BCUT2D eigenvalue weighted by Gasteiger charge is 2.16. The van der Waals surface area contributed by atoms with Crippen LogP contribution in [0, 0.1) is 5.82 Å². The maximum atomic E-state index is 13.5. The minimum absolute atomic E-state index is 0.332. The van der Waals surface area contributed by atoms with Gasteiger partial charge in [-0.15, -0.1) is 0 Å². The Morgan fingerprint density at radius 2 is 2.05 bits per heavy atom. The Bertz CT molecular complexity index is 735. The number of hydrogen-bond acceptors (Lipinski definition) is 3.